The van der Waals surface area contributed by atoms with Crippen LogP contribution in [0.15, 0.2) is 0 Å². The Kier molecular flexibility index (Phi) is 14.1. The van der Waals surface area contributed by atoms with E-state index in [1.807, 2.05) is 6.92 Å². The van der Waals surface area contributed by atoms with Gasteiger partial charge in [0.15, 0.2) is 0 Å². The van der Waals surface area contributed by atoms with Crippen LogP contribution in [0.4, 0.5) is 0 Å². The van der Waals surface area contributed by atoms with E-state index >= 15 is 0 Å². The zero-order chi connectivity index (χ0) is 23.0. The van der Waals surface area contributed by atoms with Gasteiger partial charge in [0.2, 0.25) is 5.91 Å². The third-order valence-corrected chi connectivity index (χ3v) is 6.78. The number of aliphatic hydroxyl groups excluding tert-OH is 1. The van der Waals surface area contributed by atoms with Crippen LogP contribution in [-0.2, 0) is 14.3 Å². The number of carbonyl (C=O) groups excluding carboxylic acids is 2. The number of esters is 1. The monoisotopic (exact) mass is 439 g/mol. The summed E-state index contributed by atoms with van der Waals surface area (Å²) in [6.07, 6.45) is 19.3. The summed E-state index contributed by atoms with van der Waals surface area (Å²) < 4.78 is 4.98. The molecule has 182 valence electrons. The first-order chi connectivity index (χ1) is 15.0. The first-order valence-electron chi connectivity index (χ1n) is 13.1. The van der Waals surface area contributed by atoms with Gasteiger partial charge in [0.25, 0.3) is 0 Å². The van der Waals surface area contributed by atoms with Gasteiger partial charge in [-0.15, -0.1) is 0 Å². The van der Waals surface area contributed by atoms with Crippen LogP contribution in [0, 0.1) is 10.8 Å². The molecular formula is C26H49NO4. The number of nitrogens with one attached hydrogen (secondary N) is 1. The number of amides is 1. The average Bonchev–Trinajstić information content (AvgIpc) is 3.68. The third-order valence-electron chi connectivity index (χ3n) is 6.78. The topological polar surface area (TPSA) is 75.6 Å². The van der Waals surface area contributed by atoms with Crippen LogP contribution < -0.4 is 5.32 Å². The maximum absolute atomic E-state index is 11.9. The molecule has 5 nitrogen and oxygen atoms in total. The second-order valence-electron chi connectivity index (χ2n) is 9.59. The minimum atomic E-state index is -0.0592. The molecule has 1 amide bonds. The Balaban J connectivity index is 0.000000367. The highest BCUT2D eigenvalue weighted by atomic mass is 16.5. The lowest BCUT2D eigenvalue weighted by molar-refractivity contribution is -0.150. The summed E-state index contributed by atoms with van der Waals surface area (Å²) in [6.45, 7) is 7.19. The fourth-order valence-electron chi connectivity index (χ4n) is 4.34. The summed E-state index contributed by atoms with van der Waals surface area (Å²) >= 11 is 0. The number of aliphatic hydroxyl groups is 1. The SMILES string of the molecule is CCCC1(C(=O)OCC)CC1.CCCCCCCCCCCC1(C(=O)NCCO)CC1. The number of carbonyl (C=O) groups is 2. The van der Waals surface area contributed by atoms with Crippen LogP contribution in [0.3, 0.4) is 0 Å². The number of hydrogen-bond acceptors (Lipinski definition) is 4. The second kappa shape index (κ2) is 15.7. The molecule has 5 heteroatoms. The maximum atomic E-state index is 11.9. The first kappa shape index (κ1) is 27.9. The van der Waals surface area contributed by atoms with Crippen LogP contribution in [0.1, 0.15) is 124 Å². The van der Waals surface area contributed by atoms with E-state index in [1.165, 1.54) is 57.8 Å². The average molecular weight is 440 g/mol. The lowest BCUT2D eigenvalue weighted by Gasteiger charge is -2.14. The van der Waals surface area contributed by atoms with E-state index in [2.05, 4.69) is 19.2 Å². The van der Waals surface area contributed by atoms with Gasteiger partial charge >= 0.3 is 5.97 Å². The highest BCUT2D eigenvalue weighted by Gasteiger charge is 2.50. The smallest absolute Gasteiger partial charge is 0.312 e. The van der Waals surface area contributed by atoms with Crippen molar-refractivity contribution < 1.29 is 19.4 Å². The highest BCUT2D eigenvalue weighted by molar-refractivity contribution is 5.85. The van der Waals surface area contributed by atoms with Gasteiger partial charge < -0.3 is 15.2 Å². The van der Waals surface area contributed by atoms with Crippen molar-refractivity contribution in [3.63, 3.8) is 0 Å². The molecule has 0 heterocycles. The van der Waals surface area contributed by atoms with E-state index in [0.29, 0.717) is 13.2 Å². The van der Waals surface area contributed by atoms with Gasteiger partial charge in [0, 0.05) is 12.0 Å². The molecule has 0 unspecified atom stereocenters. The van der Waals surface area contributed by atoms with E-state index in [9.17, 15) is 9.59 Å². The lowest BCUT2D eigenvalue weighted by Crippen LogP contribution is -2.33. The molecule has 2 N–H and O–H groups in total. The van der Waals surface area contributed by atoms with Crippen LogP contribution in [0.25, 0.3) is 0 Å². The number of ether oxygens (including phenoxy) is 1. The van der Waals surface area contributed by atoms with Gasteiger partial charge in [-0.3, -0.25) is 9.59 Å². The molecule has 0 saturated heterocycles. The molecule has 0 aromatic heterocycles. The Morgan fingerprint density at radius 1 is 0.774 bits per heavy atom. The van der Waals surface area contributed by atoms with Crippen molar-refractivity contribution in [1.82, 2.24) is 5.32 Å². The predicted octanol–water partition coefficient (Wildman–Crippen LogP) is 5.93. The molecule has 2 aliphatic rings. The third kappa shape index (κ3) is 10.9. The summed E-state index contributed by atoms with van der Waals surface area (Å²) in [5, 5.41) is 11.6. The van der Waals surface area contributed by atoms with Gasteiger partial charge in [-0.1, -0.05) is 78.1 Å². The second-order valence-corrected chi connectivity index (χ2v) is 9.59. The van der Waals surface area contributed by atoms with Crippen LogP contribution in [0.2, 0.25) is 0 Å². The predicted molar refractivity (Wildman–Crippen MR) is 127 cm³/mol. The molecular weight excluding hydrogens is 390 g/mol. The lowest BCUT2D eigenvalue weighted by atomic mass is 9.96. The summed E-state index contributed by atoms with van der Waals surface area (Å²) in [7, 11) is 0. The van der Waals surface area contributed by atoms with Crippen LogP contribution in [0.5, 0.6) is 0 Å². The normalized spacial score (nSPS) is 17.3. The molecule has 0 radical (unpaired) electrons. The number of unbranched alkanes of at least 4 members (excludes halogenated alkanes) is 8. The standard InChI is InChI=1S/C17H33NO2.C9H16O2/c1-2-3-4-5-6-7-8-9-10-11-17(12-13-17)16(20)18-14-15-19;1-3-5-9(6-7-9)8(10)11-4-2/h19H,2-15H2,1H3,(H,18,20);3-7H2,1-2H3. The fourth-order valence-corrected chi connectivity index (χ4v) is 4.34. The summed E-state index contributed by atoms with van der Waals surface area (Å²) in [5.74, 6) is 0.202. The minimum absolute atomic E-state index is 0.0295. The van der Waals surface area contributed by atoms with Crippen molar-refractivity contribution in [2.45, 2.75) is 124 Å². The Morgan fingerprint density at radius 3 is 1.77 bits per heavy atom. The van der Waals surface area contributed by atoms with E-state index in [1.54, 1.807) is 0 Å². The Morgan fingerprint density at radius 2 is 1.32 bits per heavy atom. The molecule has 31 heavy (non-hydrogen) atoms. The van der Waals surface area contributed by atoms with E-state index in [0.717, 1.165) is 44.9 Å². The summed E-state index contributed by atoms with van der Waals surface area (Å²) in [6, 6.07) is 0. The maximum Gasteiger partial charge on any atom is 0.312 e. The first-order valence-corrected chi connectivity index (χ1v) is 13.1. The zero-order valence-electron chi connectivity index (χ0n) is 20.6. The number of rotatable bonds is 17. The summed E-state index contributed by atoms with van der Waals surface area (Å²) in [5.41, 5.74) is -0.110. The molecule has 0 aromatic rings. The Labute approximate surface area is 191 Å². The molecule has 0 atom stereocenters. The van der Waals surface area contributed by atoms with Gasteiger partial charge in [-0.2, -0.15) is 0 Å². The van der Waals surface area contributed by atoms with E-state index in [-0.39, 0.29) is 29.3 Å². The van der Waals surface area contributed by atoms with Gasteiger partial charge in [0.05, 0.1) is 18.6 Å². The fraction of sp³-hybridized carbons (Fsp3) is 0.923. The van der Waals surface area contributed by atoms with Crippen molar-refractivity contribution in [3.8, 4) is 0 Å². The van der Waals surface area contributed by atoms with Crippen molar-refractivity contribution in [2.75, 3.05) is 19.8 Å². The largest absolute Gasteiger partial charge is 0.466 e. The van der Waals surface area contributed by atoms with Crippen molar-refractivity contribution >= 4 is 11.9 Å². The minimum Gasteiger partial charge on any atom is -0.466 e. The molecule has 2 saturated carbocycles. The number of hydrogen-bond donors (Lipinski definition) is 2. The molecule has 0 bridgehead atoms. The van der Waals surface area contributed by atoms with Crippen molar-refractivity contribution in [1.29, 1.82) is 0 Å². The van der Waals surface area contributed by atoms with Gasteiger partial charge in [-0.25, -0.2) is 0 Å². The van der Waals surface area contributed by atoms with E-state index < -0.39 is 0 Å². The molecule has 2 aliphatic carbocycles. The van der Waals surface area contributed by atoms with E-state index in [4.69, 9.17) is 9.84 Å². The van der Waals surface area contributed by atoms with Crippen LogP contribution in [-0.4, -0.2) is 36.7 Å². The Hall–Kier alpha value is -1.10. The summed E-state index contributed by atoms with van der Waals surface area (Å²) in [4.78, 5) is 23.2. The van der Waals surface area contributed by atoms with Crippen molar-refractivity contribution in [3.05, 3.63) is 0 Å². The molecule has 2 fully saturated rings. The molecule has 0 spiro atoms. The quantitative estimate of drug-likeness (QED) is 0.218. The van der Waals surface area contributed by atoms with Gasteiger partial charge in [0.1, 0.15) is 0 Å². The Bertz CT molecular complexity index is 498. The zero-order valence-corrected chi connectivity index (χ0v) is 20.6. The molecule has 2 rings (SSSR count). The van der Waals surface area contributed by atoms with Crippen molar-refractivity contribution in [2.24, 2.45) is 10.8 Å². The highest BCUT2D eigenvalue weighted by Crippen LogP contribution is 2.51. The van der Waals surface area contributed by atoms with Crippen LogP contribution >= 0.6 is 0 Å². The van der Waals surface area contributed by atoms with Gasteiger partial charge in [-0.05, 0) is 45.4 Å². The molecule has 0 aliphatic heterocycles. The molecule has 0 aromatic carbocycles.